The van der Waals surface area contributed by atoms with Crippen molar-refractivity contribution in [3.63, 3.8) is 0 Å². The number of aliphatic hydroxyl groups excluding tert-OH is 2. The molecule has 2 fully saturated rings. The summed E-state index contributed by atoms with van der Waals surface area (Å²) in [5.74, 6) is 1.06. The molecule has 0 aromatic rings. The van der Waals surface area contributed by atoms with Gasteiger partial charge in [-0.1, -0.05) is 25.0 Å². The summed E-state index contributed by atoms with van der Waals surface area (Å²) < 4.78 is 0. The van der Waals surface area contributed by atoms with Crippen molar-refractivity contribution in [1.29, 1.82) is 0 Å². The molecule has 3 N–H and O–H groups in total. The molecule has 0 saturated heterocycles. The van der Waals surface area contributed by atoms with Crippen LogP contribution < -0.4 is 0 Å². The lowest BCUT2D eigenvalue weighted by atomic mass is 9.50. The van der Waals surface area contributed by atoms with Gasteiger partial charge >= 0.3 is 0 Å². The maximum Gasteiger partial charge on any atom is 0.0961 e. The van der Waals surface area contributed by atoms with Crippen molar-refractivity contribution in [3.05, 3.63) is 11.1 Å². The Hall–Kier alpha value is -0.380. The lowest BCUT2D eigenvalue weighted by Crippen LogP contribution is -2.55. The smallest absolute Gasteiger partial charge is 0.0961 e. The van der Waals surface area contributed by atoms with Gasteiger partial charge in [-0.25, -0.2) is 0 Å². The molecular weight excluding hydrogens is 300 g/mol. The fourth-order valence-electron chi connectivity index (χ4n) is 7.18. The molecular formula is C21H34O3. The van der Waals surface area contributed by atoms with Gasteiger partial charge < -0.3 is 15.3 Å². The Morgan fingerprint density at radius 3 is 2.50 bits per heavy atom. The van der Waals surface area contributed by atoms with Crippen LogP contribution in [0.3, 0.4) is 0 Å². The molecule has 0 heterocycles. The van der Waals surface area contributed by atoms with Gasteiger partial charge in [0.05, 0.1) is 17.8 Å². The number of aliphatic hydroxyl groups is 3. The highest BCUT2D eigenvalue weighted by atomic mass is 16.3. The molecule has 24 heavy (non-hydrogen) atoms. The van der Waals surface area contributed by atoms with E-state index in [0.717, 1.165) is 51.4 Å². The summed E-state index contributed by atoms with van der Waals surface area (Å²) in [7, 11) is 0. The van der Waals surface area contributed by atoms with E-state index in [-0.39, 0.29) is 16.9 Å². The van der Waals surface area contributed by atoms with Gasteiger partial charge in [0.2, 0.25) is 0 Å². The molecule has 136 valence electrons. The van der Waals surface area contributed by atoms with Gasteiger partial charge in [-0.3, -0.25) is 0 Å². The summed E-state index contributed by atoms with van der Waals surface area (Å²) in [5, 5.41) is 31.6. The van der Waals surface area contributed by atoms with E-state index in [0.29, 0.717) is 11.8 Å². The summed E-state index contributed by atoms with van der Waals surface area (Å²) in [6.45, 7) is 6.43. The third-order valence-corrected chi connectivity index (χ3v) is 8.87. The van der Waals surface area contributed by atoms with Crippen molar-refractivity contribution in [2.24, 2.45) is 22.7 Å². The fourth-order valence-corrected chi connectivity index (χ4v) is 7.18. The minimum atomic E-state index is -0.934. The molecule has 0 spiro atoms. The normalized spacial score (nSPS) is 52.5. The Bertz CT molecular complexity index is 567. The summed E-state index contributed by atoms with van der Waals surface area (Å²) in [5.41, 5.74) is 2.44. The first-order valence-electron chi connectivity index (χ1n) is 10.0. The number of fused-ring (bicyclic) bond motifs is 4. The molecule has 0 amide bonds. The number of allylic oxidation sites excluding steroid dienone is 2. The van der Waals surface area contributed by atoms with Crippen LogP contribution in [0.15, 0.2) is 11.1 Å². The lowest BCUT2D eigenvalue weighted by molar-refractivity contribution is -0.143. The zero-order valence-corrected chi connectivity index (χ0v) is 15.5. The molecule has 0 bridgehead atoms. The third kappa shape index (κ3) is 2.01. The summed E-state index contributed by atoms with van der Waals surface area (Å²) >= 11 is 0. The Morgan fingerprint density at radius 1 is 1.04 bits per heavy atom. The average Bonchev–Trinajstić information content (AvgIpc) is 2.81. The van der Waals surface area contributed by atoms with Crippen molar-refractivity contribution < 1.29 is 15.3 Å². The molecule has 7 atom stereocenters. The minimum absolute atomic E-state index is 0.106. The average molecular weight is 335 g/mol. The van der Waals surface area contributed by atoms with E-state index >= 15 is 0 Å². The van der Waals surface area contributed by atoms with Gasteiger partial charge in [-0.05, 0) is 82.0 Å². The second-order valence-corrected chi connectivity index (χ2v) is 9.69. The van der Waals surface area contributed by atoms with E-state index in [1.165, 1.54) is 6.42 Å². The third-order valence-electron chi connectivity index (χ3n) is 8.87. The number of hydrogen-bond acceptors (Lipinski definition) is 3. The second kappa shape index (κ2) is 5.31. The maximum atomic E-state index is 11.2. The van der Waals surface area contributed by atoms with Gasteiger partial charge in [0.1, 0.15) is 0 Å². The Morgan fingerprint density at radius 2 is 1.79 bits per heavy atom. The lowest BCUT2D eigenvalue weighted by Gasteiger charge is -2.56. The quantitative estimate of drug-likeness (QED) is 0.643. The van der Waals surface area contributed by atoms with Crippen LogP contribution in [0.5, 0.6) is 0 Å². The number of hydrogen-bond donors (Lipinski definition) is 3. The van der Waals surface area contributed by atoms with Crippen molar-refractivity contribution in [2.45, 2.75) is 96.4 Å². The second-order valence-electron chi connectivity index (χ2n) is 9.69. The van der Waals surface area contributed by atoms with E-state index < -0.39 is 11.7 Å². The highest BCUT2D eigenvalue weighted by molar-refractivity contribution is 5.36. The predicted molar refractivity (Wildman–Crippen MR) is 94.4 cm³/mol. The van der Waals surface area contributed by atoms with Gasteiger partial charge in [-0.2, -0.15) is 0 Å². The van der Waals surface area contributed by atoms with Crippen LogP contribution in [-0.2, 0) is 0 Å². The van der Waals surface area contributed by atoms with Gasteiger partial charge in [0, 0.05) is 5.41 Å². The van der Waals surface area contributed by atoms with E-state index in [4.69, 9.17) is 0 Å². The highest BCUT2D eigenvalue weighted by Gasteiger charge is 2.62. The molecule has 3 nitrogen and oxygen atoms in total. The first-order chi connectivity index (χ1) is 11.2. The SMILES string of the molecule is C[C@@H](O)[C@@]1(O)CC[C@H]2C3=C(CC[C@@]21C)[C@@]1(C)CC[C@@H](O)C[C@H]1CC3. The summed E-state index contributed by atoms with van der Waals surface area (Å²) in [6, 6.07) is 0. The minimum Gasteiger partial charge on any atom is -0.393 e. The molecule has 4 aliphatic carbocycles. The van der Waals surface area contributed by atoms with Crippen LogP contribution in [-0.4, -0.2) is 33.1 Å². The Balaban J connectivity index is 1.73. The van der Waals surface area contributed by atoms with Crippen molar-refractivity contribution in [1.82, 2.24) is 0 Å². The zero-order valence-electron chi connectivity index (χ0n) is 15.5. The van der Waals surface area contributed by atoms with Gasteiger partial charge in [-0.15, -0.1) is 0 Å². The van der Waals surface area contributed by atoms with Crippen LogP contribution in [0.1, 0.15) is 78.6 Å². The number of rotatable bonds is 1. The Labute approximate surface area is 146 Å². The van der Waals surface area contributed by atoms with E-state index in [1.54, 1.807) is 18.1 Å². The highest BCUT2D eigenvalue weighted by Crippen LogP contribution is 2.66. The molecule has 0 radical (unpaired) electrons. The maximum absolute atomic E-state index is 11.2. The van der Waals surface area contributed by atoms with E-state index in [9.17, 15) is 15.3 Å². The molecule has 0 aromatic heterocycles. The van der Waals surface area contributed by atoms with Crippen LogP contribution in [0, 0.1) is 22.7 Å². The van der Waals surface area contributed by atoms with E-state index in [1.807, 2.05) is 0 Å². The molecule has 3 heteroatoms. The van der Waals surface area contributed by atoms with Gasteiger partial charge in [0.25, 0.3) is 0 Å². The first kappa shape index (κ1) is 17.1. The topological polar surface area (TPSA) is 60.7 Å². The monoisotopic (exact) mass is 334 g/mol. The van der Waals surface area contributed by atoms with Crippen molar-refractivity contribution >= 4 is 0 Å². The Kier molecular flexibility index (Phi) is 3.77. The first-order valence-corrected chi connectivity index (χ1v) is 10.0. The van der Waals surface area contributed by atoms with Crippen molar-refractivity contribution in [2.75, 3.05) is 0 Å². The molecule has 4 rings (SSSR count). The fraction of sp³-hybridized carbons (Fsp3) is 0.905. The van der Waals surface area contributed by atoms with Gasteiger partial charge in [0.15, 0.2) is 0 Å². The molecule has 0 aromatic carbocycles. The summed E-state index contributed by atoms with van der Waals surface area (Å²) in [6.07, 6.45) is 8.37. The molecule has 0 unspecified atom stereocenters. The van der Waals surface area contributed by atoms with Crippen LogP contribution in [0.25, 0.3) is 0 Å². The molecule has 2 saturated carbocycles. The van der Waals surface area contributed by atoms with Crippen molar-refractivity contribution in [3.8, 4) is 0 Å². The van der Waals surface area contributed by atoms with Crippen LogP contribution in [0.2, 0.25) is 0 Å². The largest absolute Gasteiger partial charge is 0.393 e. The molecule has 0 aliphatic heterocycles. The molecule has 4 aliphatic rings. The summed E-state index contributed by atoms with van der Waals surface area (Å²) in [4.78, 5) is 0. The van der Waals surface area contributed by atoms with Crippen LogP contribution >= 0.6 is 0 Å². The zero-order chi connectivity index (χ0) is 17.3. The predicted octanol–water partition coefficient (Wildman–Crippen LogP) is 3.57. The van der Waals surface area contributed by atoms with Crippen LogP contribution in [0.4, 0.5) is 0 Å². The standard InChI is InChI=1S/C21H34O3/c1-13(22)21(24)11-8-18-16-5-4-14-12-15(23)6-9-19(14,2)17(16)7-10-20(18,21)3/h13-15,18,22-24H,4-12H2,1-3H3/t13-,14-,15-,18+,19+,20+,21+/m1/s1. The van der Waals surface area contributed by atoms with E-state index in [2.05, 4.69) is 13.8 Å².